The van der Waals surface area contributed by atoms with Crippen LogP contribution in [0.3, 0.4) is 0 Å². The maximum Gasteiger partial charge on any atom is 0.326 e. The summed E-state index contributed by atoms with van der Waals surface area (Å²) in [5, 5.41) is 12.0. The average molecular weight is 327 g/mol. The Bertz CT molecular complexity index is 383. The molecule has 0 heterocycles. The Morgan fingerprint density at radius 3 is 2.35 bits per heavy atom. The highest BCUT2D eigenvalue weighted by atomic mass is 16.5. The summed E-state index contributed by atoms with van der Waals surface area (Å²) in [5.41, 5.74) is -0.304. The lowest BCUT2D eigenvalue weighted by atomic mass is 9.83. The molecule has 1 aliphatic rings. The van der Waals surface area contributed by atoms with Crippen LogP contribution in [0.2, 0.25) is 0 Å². The van der Waals surface area contributed by atoms with Gasteiger partial charge in [-0.15, -0.1) is 0 Å². The van der Waals surface area contributed by atoms with Gasteiger partial charge < -0.3 is 15.2 Å². The molecule has 5 heteroatoms. The molecular weight excluding hydrogens is 294 g/mol. The quantitative estimate of drug-likeness (QED) is 0.717. The van der Waals surface area contributed by atoms with Crippen LogP contribution in [0.15, 0.2) is 0 Å². The molecule has 2 unspecified atom stereocenters. The normalized spacial score (nSPS) is 19.1. The van der Waals surface area contributed by atoms with Crippen LogP contribution in [0.4, 0.5) is 0 Å². The topological polar surface area (TPSA) is 75.6 Å². The molecule has 1 fully saturated rings. The number of carbonyl (C=O) groups excluding carboxylic acids is 1. The van der Waals surface area contributed by atoms with Gasteiger partial charge in [-0.1, -0.05) is 39.0 Å². The van der Waals surface area contributed by atoms with Crippen LogP contribution >= 0.6 is 0 Å². The van der Waals surface area contributed by atoms with E-state index in [2.05, 4.69) is 5.32 Å². The van der Waals surface area contributed by atoms with Gasteiger partial charge in [-0.05, 0) is 33.1 Å². The largest absolute Gasteiger partial charge is 0.480 e. The number of rotatable bonds is 8. The van der Waals surface area contributed by atoms with Crippen molar-refractivity contribution in [3.05, 3.63) is 0 Å². The number of carboxylic acids is 1. The molecule has 0 aromatic carbocycles. The van der Waals surface area contributed by atoms with E-state index >= 15 is 0 Å². The molecule has 0 spiro atoms. The molecule has 134 valence electrons. The molecule has 0 bridgehead atoms. The second-order valence-corrected chi connectivity index (χ2v) is 7.79. The van der Waals surface area contributed by atoms with E-state index in [4.69, 9.17) is 4.74 Å². The molecule has 2 atom stereocenters. The highest BCUT2D eigenvalue weighted by Gasteiger charge is 2.26. The van der Waals surface area contributed by atoms with Crippen molar-refractivity contribution >= 4 is 11.9 Å². The summed E-state index contributed by atoms with van der Waals surface area (Å²) in [6.07, 6.45) is 7.33. The number of carbonyl (C=O) groups is 2. The fourth-order valence-electron chi connectivity index (χ4n) is 3.08. The second-order valence-electron chi connectivity index (χ2n) is 7.79. The van der Waals surface area contributed by atoms with Gasteiger partial charge in [0.15, 0.2) is 0 Å². The third kappa shape index (κ3) is 8.35. The van der Waals surface area contributed by atoms with E-state index in [-0.39, 0.29) is 23.8 Å². The smallest absolute Gasteiger partial charge is 0.326 e. The molecule has 5 nitrogen and oxygen atoms in total. The number of hydrogen-bond acceptors (Lipinski definition) is 3. The minimum Gasteiger partial charge on any atom is -0.480 e. The number of hydrogen-bond donors (Lipinski definition) is 2. The van der Waals surface area contributed by atoms with Gasteiger partial charge in [0, 0.05) is 18.9 Å². The minimum atomic E-state index is -0.999. The van der Waals surface area contributed by atoms with Gasteiger partial charge in [-0.2, -0.15) is 0 Å². The zero-order chi connectivity index (χ0) is 17.5. The maximum absolute atomic E-state index is 12.3. The van der Waals surface area contributed by atoms with Crippen molar-refractivity contribution in [1.29, 1.82) is 0 Å². The first-order valence-electron chi connectivity index (χ1n) is 8.86. The Labute approximate surface area is 140 Å². The van der Waals surface area contributed by atoms with E-state index in [1.807, 2.05) is 27.7 Å². The Morgan fingerprint density at radius 1 is 1.22 bits per heavy atom. The van der Waals surface area contributed by atoms with Crippen molar-refractivity contribution in [1.82, 2.24) is 5.32 Å². The maximum atomic E-state index is 12.3. The lowest BCUT2D eigenvalue weighted by Crippen LogP contribution is -2.44. The van der Waals surface area contributed by atoms with E-state index in [1.165, 1.54) is 32.1 Å². The monoisotopic (exact) mass is 327 g/mol. The number of nitrogens with one attached hydrogen (secondary N) is 1. The number of carboxylic acid groups (broad SMARTS) is 1. The van der Waals surface area contributed by atoms with Crippen molar-refractivity contribution in [2.45, 2.75) is 84.3 Å². The molecule has 0 aromatic heterocycles. The molecule has 1 rings (SSSR count). The minimum absolute atomic E-state index is 0.136. The van der Waals surface area contributed by atoms with Crippen LogP contribution in [0.5, 0.6) is 0 Å². The first kappa shape index (κ1) is 19.9. The predicted molar refractivity (Wildman–Crippen MR) is 90.2 cm³/mol. The Balaban J connectivity index is 2.41. The predicted octanol–water partition coefficient (Wildman–Crippen LogP) is 3.37. The lowest BCUT2D eigenvalue weighted by Gasteiger charge is -2.25. The molecular formula is C18H33NO4. The first-order valence-corrected chi connectivity index (χ1v) is 8.86. The summed E-state index contributed by atoms with van der Waals surface area (Å²) >= 11 is 0. The van der Waals surface area contributed by atoms with E-state index < -0.39 is 12.0 Å². The molecule has 1 amide bonds. The van der Waals surface area contributed by atoms with Crippen LogP contribution in [0, 0.1) is 11.8 Å². The first-order chi connectivity index (χ1) is 10.7. The molecule has 0 radical (unpaired) electrons. The van der Waals surface area contributed by atoms with Crippen LogP contribution in [0.25, 0.3) is 0 Å². The van der Waals surface area contributed by atoms with Crippen molar-refractivity contribution in [3.8, 4) is 0 Å². The zero-order valence-electron chi connectivity index (χ0n) is 15.1. The van der Waals surface area contributed by atoms with Gasteiger partial charge in [0.1, 0.15) is 6.04 Å². The lowest BCUT2D eigenvalue weighted by molar-refractivity contribution is -0.143. The van der Waals surface area contributed by atoms with Gasteiger partial charge in [0.05, 0.1) is 5.60 Å². The van der Waals surface area contributed by atoms with Crippen LogP contribution in [-0.2, 0) is 14.3 Å². The third-order valence-electron chi connectivity index (χ3n) is 4.42. The fraction of sp³-hybridized carbons (Fsp3) is 0.889. The molecule has 1 aliphatic carbocycles. The van der Waals surface area contributed by atoms with E-state index in [9.17, 15) is 14.7 Å². The molecule has 0 aromatic rings. The molecule has 1 saturated carbocycles. The van der Waals surface area contributed by atoms with E-state index in [1.54, 1.807) is 0 Å². The van der Waals surface area contributed by atoms with Gasteiger partial charge in [-0.3, -0.25) is 4.79 Å². The third-order valence-corrected chi connectivity index (χ3v) is 4.42. The zero-order valence-corrected chi connectivity index (χ0v) is 15.1. The van der Waals surface area contributed by atoms with Crippen molar-refractivity contribution in [2.75, 3.05) is 6.61 Å². The highest BCUT2D eigenvalue weighted by molar-refractivity contribution is 5.84. The summed E-state index contributed by atoms with van der Waals surface area (Å²) in [5.74, 6) is -0.681. The van der Waals surface area contributed by atoms with Gasteiger partial charge in [-0.25, -0.2) is 4.79 Å². The Kier molecular flexibility index (Phi) is 8.03. The SMILES string of the molecule is CC(CC1CCCCC1)C(=O)NC(CCOC(C)(C)C)C(=O)O. The summed E-state index contributed by atoms with van der Waals surface area (Å²) < 4.78 is 5.56. The standard InChI is InChI=1S/C18H33NO4/c1-13(12-14-8-6-5-7-9-14)16(20)19-15(17(21)22)10-11-23-18(2,3)4/h13-15H,5-12H2,1-4H3,(H,19,20)(H,21,22). The van der Waals surface area contributed by atoms with Crippen LogP contribution in [-0.4, -0.2) is 35.2 Å². The van der Waals surface area contributed by atoms with Gasteiger partial charge >= 0.3 is 5.97 Å². The van der Waals surface area contributed by atoms with Crippen LogP contribution in [0.1, 0.15) is 72.6 Å². The van der Waals surface area contributed by atoms with Crippen molar-refractivity contribution < 1.29 is 19.4 Å². The number of aliphatic carboxylic acids is 1. The Hall–Kier alpha value is -1.10. The van der Waals surface area contributed by atoms with Gasteiger partial charge in [0.2, 0.25) is 5.91 Å². The average Bonchev–Trinajstić information content (AvgIpc) is 2.45. The highest BCUT2D eigenvalue weighted by Crippen LogP contribution is 2.29. The molecule has 23 heavy (non-hydrogen) atoms. The summed E-state index contributed by atoms with van der Waals surface area (Å²) in [6.45, 7) is 7.99. The van der Waals surface area contributed by atoms with Crippen LogP contribution < -0.4 is 5.32 Å². The molecule has 2 N–H and O–H groups in total. The van der Waals surface area contributed by atoms with Gasteiger partial charge in [0.25, 0.3) is 0 Å². The summed E-state index contributed by atoms with van der Waals surface area (Å²) in [6, 6.07) is -0.876. The van der Waals surface area contributed by atoms with Crippen molar-refractivity contribution in [3.63, 3.8) is 0 Å². The summed E-state index contributed by atoms with van der Waals surface area (Å²) in [4.78, 5) is 23.6. The number of amides is 1. The fourth-order valence-corrected chi connectivity index (χ4v) is 3.08. The van der Waals surface area contributed by atoms with E-state index in [0.29, 0.717) is 12.5 Å². The summed E-state index contributed by atoms with van der Waals surface area (Å²) in [7, 11) is 0. The number of ether oxygens (including phenoxy) is 1. The Morgan fingerprint density at radius 2 is 1.83 bits per heavy atom. The van der Waals surface area contributed by atoms with E-state index in [0.717, 1.165) is 6.42 Å². The second kappa shape index (κ2) is 9.26. The molecule has 0 aliphatic heterocycles. The van der Waals surface area contributed by atoms with Crippen molar-refractivity contribution in [2.24, 2.45) is 11.8 Å². The molecule has 0 saturated heterocycles.